The fraction of sp³-hybridized carbons (Fsp3) is 0.476. The molecule has 7 heteroatoms. The van der Waals surface area contributed by atoms with Gasteiger partial charge in [-0.1, -0.05) is 6.07 Å². The first kappa shape index (κ1) is 18.9. The largest absolute Gasteiger partial charge is 0.465 e. The first-order valence-corrected chi connectivity index (χ1v) is 10.2. The molecule has 2 aromatic rings. The highest BCUT2D eigenvalue weighted by Gasteiger charge is 2.43. The van der Waals surface area contributed by atoms with Gasteiger partial charge in [0.25, 0.3) is 0 Å². The van der Waals surface area contributed by atoms with Crippen LogP contribution in [-0.4, -0.2) is 38.7 Å². The number of hydrogen-bond donors (Lipinski definition) is 1. The second-order valence-electron chi connectivity index (χ2n) is 7.49. The van der Waals surface area contributed by atoms with Crippen molar-refractivity contribution in [1.82, 2.24) is 19.8 Å². The van der Waals surface area contributed by atoms with Gasteiger partial charge in [-0.05, 0) is 69.6 Å². The van der Waals surface area contributed by atoms with E-state index in [9.17, 15) is 4.79 Å². The number of rotatable bonds is 6. The SMILES string of the molecule is CCOC(=O)CN1C(=S)N[C@H](c2ccccn2)[C@H]1c1cc(C)n(C2CC2)c1C. The van der Waals surface area contributed by atoms with E-state index in [0.29, 0.717) is 17.8 Å². The zero-order valence-corrected chi connectivity index (χ0v) is 17.3. The maximum absolute atomic E-state index is 12.3. The first-order valence-electron chi connectivity index (χ1n) is 9.83. The predicted octanol–water partition coefficient (Wildman–Crippen LogP) is 3.37. The number of carbonyl (C=O) groups is 1. The van der Waals surface area contributed by atoms with Crippen molar-refractivity contribution in [2.24, 2.45) is 0 Å². The summed E-state index contributed by atoms with van der Waals surface area (Å²) in [5.74, 6) is -0.269. The van der Waals surface area contributed by atoms with Crippen molar-refractivity contribution >= 4 is 23.3 Å². The second-order valence-corrected chi connectivity index (χ2v) is 7.87. The number of carbonyl (C=O) groups excluding carboxylic acids is 1. The van der Waals surface area contributed by atoms with Gasteiger partial charge in [-0.25, -0.2) is 0 Å². The van der Waals surface area contributed by atoms with Gasteiger partial charge in [-0.2, -0.15) is 0 Å². The van der Waals surface area contributed by atoms with Crippen LogP contribution >= 0.6 is 12.2 Å². The van der Waals surface area contributed by atoms with Crippen LogP contribution in [0.2, 0.25) is 0 Å². The van der Waals surface area contributed by atoms with Crippen molar-refractivity contribution in [3.8, 4) is 0 Å². The van der Waals surface area contributed by atoms with E-state index < -0.39 is 0 Å². The maximum atomic E-state index is 12.3. The van der Waals surface area contributed by atoms with Gasteiger partial charge in [0, 0.05) is 23.6 Å². The van der Waals surface area contributed by atoms with Gasteiger partial charge in [-0.3, -0.25) is 9.78 Å². The molecule has 6 nitrogen and oxygen atoms in total. The van der Waals surface area contributed by atoms with Gasteiger partial charge in [0.15, 0.2) is 5.11 Å². The minimum absolute atomic E-state index is 0.106. The lowest BCUT2D eigenvalue weighted by molar-refractivity contribution is -0.143. The van der Waals surface area contributed by atoms with E-state index in [4.69, 9.17) is 17.0 Å². The highest BCUT2D eigenvalue weighted by molar-refractivity contribution is 7.80. The fourth-order valence-corrected chi connectivity index (χ4v) is 4.56. The Labute approximate surface area is 170 Å². The molecule has 4 rings (SSSR count). The minimum atomic E-state index is -0.269. The van der Waals surface area contributed by atoms with Gasteiger partial charge in [0.1, 0.15) is 6.54 Å². The second kappa shape index (κ2) is 7.54. The van der Waals surface area contributed by atoms with Gasteiger partial charge in [-0.15, -0.1) is 0 Å². The fourth-order valence-electron chi connectivity index (χ4n) is 4.26. The minimum Gasteiger partial charge on any atom is -0.465 e. The Balaban J connectivity index is 1.76. The zero-order valence-electron chi connectivity index (χ0n) is 16.5. The average molecular weight is 399 g/mol. The normalized spacial score (nSPS) is 21.7. The molecule has 0 spiro atoms. The summed E-state index contributed by atoms with van der Waals surface area (Å²) < 4.78 is 7.62. The van der Waals surface area contributed by atoms with Crippen molar-refractivity contribution in [2.45, 2.75) is 51.7 Å². The summed E-state index contributed by atoms with van der Waals surface area (Å²) in [5, 5.41) is 3.96. The number of aromatic nitrogens is 2. The van der Waals surface area contributed by atoms with E-state index in [1.54, 1.807) is 6.20 Å². The summed E-state index contributed by atoms with van der Waals surface area (Å²) in [6, 6.07) is 8.50. The van der Waals surface area contributed by atoms with Crippen molar-refractivity contribution in [3.63, 3.8) is 0 Å². The summed E-state index contributed by atoms with van der Waals surface area (Å²) in [6.45, 7) is 6.62. The molecule has 0 amide bonds. The highest BCUT2D eigenvalue weighted by atomic mass is 32.1. The molecule has 28 heavy (non-hydrogen) atoms. The smallest absolute Gasteiger partial charge is 0.325 e. The molecule has 2 fully saturated rings. The zero-order chi connectivity index (χ0) is 19.8. The molecular weight excluding hydrogens is 372 g/mol. The number of nitrogens with one attached hydrogen (secondary N) is 1. The van der Waals surface area contributed by atoms with E-state index in [-0.39, 0.29) is 24.6 Å². The summed E-state index contributed by atoms with van der Waals surface area (Å²) in [5.41, 5.74) is 4.60. The lowest BCUT2D eigenvalue weighted by atomic mass is 9.97. The molecule has 2 aliphatic rings. The van der Waals surface area contributed by atoms with Gasteiger partial charge < -0.3 is 19.5 Å². The van der Waals surface area contributed by atoms with Crippen LogP contribution in [-0.2, 0) is 9.53 Å². The standard InChI is InChI=1S/C21H26N4O2S/c1-4-27-18(26)12-24-20(16-11-13(2)25(14(16)3)15-8-9-15)19(23-21(24)28)17-7-5-6-10-22-17/h5-7,10-11,15,19-20H,4,8-9,12H2,1-3H3,(H,23,28)/t19-,20-/m1/s1. The summed E-state index contributed by atoms with van der Waals surface area (Å²) >= 11 is 5.62. The van der Waals surface area contributed by atoms with Crippen molar-refractivity contribution in [2.75, 3.05) is 13.2 Å². The van der Waals surface area contributed by atoms with E-state index >= 15 is 0 Å². The van der Waals surface area contributed by atoms with Crippen molar-refractivity contribution in [1.29, 1.82) is 0 Å². The van der Waals surface area contributed by atoms with Crippen LogP contribution in [0.15, 0.2) is 30.5 Å². The summed E-state index contributed by atoms with van der Waals surface area (Å²) in [7, 11) is 0. The molecule has 0 unspecified atom stereocenters. The van der Waals surface area contributed by atoms with Crippen LogP contribution < -0.4 is 5.32 Å². The Kier molecular flexibility index (Phi) is 5.10. The third-order valence-corrected chi connectivity index (χ3v) is 5.91. The molecule has 0 radical (unpaired) electrons. The molecule has 0 bridgehead atoms. The van der Waals surface area contributed by atoms with Crippen molar-refractivity contribution in [3.05, 3.63) is 53.1 Å². The summed E-state index contributed by atoms with van der Waals surface area (Å²) in [6.07, 6.45) is 4.25. The molecule has 3 heterocycles. The molecule has 0 aromatic carbocycles. The Morgan fingerprint density at radius 2 is 2.14 bits per heavy atom. The van der Waals surface area contributed by atoms with E-state index in [2.05, 4.69) is 34.8 Å². The van der Waals surface area contributed by atoms with Gasteiger partial charge in [0.2, 0.25) is 0 Å². The molecule has 1 aliphatic heterocycles. The highest BCUT2D eigenvalue weighted by Crippen LogP contribution is 2.44. The third-order valence-electron chi connectivity index (χ3n) is 5.56. The summed E-state index contributed by atoms with van der Waals surface area (Å²) in [4.78, 5) is 18.8. The quantitative estimate of drug-likeness (QED) is 0.595. The number of hydrogen-bond acceptors (Lipinski definition) is 4. The number of aryl methyl sites for hydroxylation is 1. The lowest BCUT2D eigenvalue weighted by Gasteiger charge is -2.27. The van der Waals surface area contributed by atoms with Crippen LogP contribution in [0.5, 0.6) is 0 Å². The Morgan fingerprint density at radius 1 is 1.36 bits per heavy atom. The molecule has 2 atom stereocenters. The van der Waals surface area contributed by atoms with Gasteiger partial charge >= 0.3 is 5.97 Å². The molecular formula is C21H26N4O2S. The molecule has 2 aromatic heterocycles. The van der Waals surface area contributed by atoms with E-state index in [1.807, 2.05) is 30.0 Å². The molecule has 1 N–H and O–H groups in total. The first-order chi connectivity index (χ1) is 13.5. The number of ether oxygens (including phenoxy) is 1. The maximum Gasteiger partial charge on any atom is 0.325 e. The molecule has 148 valence electrons. The lowest BCUT2D eigenvalue weighted by Crippen LogP contribution is -2.35. The van der Waals surface area contributed by atoms with Gasteiger partial charge in [0.05, 0.1) is 24.4 Å². The molecule has 1 saturated heterocycles. The van der Waals surface area contributed by atoms with Crippen LogP contribution in [0.25, 0.3) is 0 Å². The Hall–Kier alpha value is -2.41. The number of nitrogens with zero attached hydrogens (tertiary/aromatic N) is 3. The predicted molar refractivity (Wildman–Crippen MR) is 111 cm³/mol. The number of thiocarbonyl (C=S) groups is 1. The average Bonchev–Trinajstić information content (AvgIpc) is 3.40. The molecule has 1 aliphatic carbocycles. The van der Waals surface area contributed by atoms with Crippen LogP contribution in [0, 0.1) is 13.8 Å². The van der Waals surface area contributed by atoms with E-state index in [1.165, 1.54) is 29.8 Å². The van der Waals surface area contributed by atoms with Crippen LogP contribution in [0.4, 0.5) is 0 Å². The van der Waals surface area contributed by atoms with Crippen LogP contribution in [0.1, 0.15) is 60.5 Å². The Bertz CT molecular complexity index is 891. The van der Waals surface area contributed by atoms with Crippen LogP contribution in [0.3, 0.4) is 0 Å². The molecule has 1 saturated carbocycles. The topological polar surface area (TPSA) is 59.4 Å². The number of esters is 1. The number of pyridine rings is 1. The van der Waals surface area contributed by atoms with E-state index in [0.717, 1.165) is 5.69 Å². The third kappa shape index (κ3) is 3.39. The van der Waals surface area contributed by atoms with Crippen molar-refractivity contribution < 1.29 is 9.53 Å². The monoisotopic (exact) mass is 398 g/mol. The Morgan fingerprint density at radius 3 is 2.79 bits per heavy atom.